The molecule has 0 N–H and O–H groups in total. The molecule has 0 amide bonds. The lowest BCUT2D eigenvalue weighted by atomic mass is 10.4. The van der Waals surface area contributed by atoms with Crippen LogP contribution in [0.25, 0.3) is 0 Å². The maximum atomic E-state index is 10.6. The van der Waals surface area contributed by atoms with E-state index in [4.69, 9.17) is 23.2 Å². The van der Waals surface area contributed by atoms with Crippen molar-refractivity contribution in [1.29, 1.82) is 0 Å². The van der Waals surface area contributed by atoms with Gasteiger partial charge in [-0.3, -0.25) is 0 Å². The fourth-order valence-electron chi connectivity index (χ4n) is 0.721. The molecule has 65 valence electrons. The summed E-state index contributed by atoms with van der Waals surface area (Å²) in [7, 11) is -4.58. The fourth-order valence-corrected chi connectivity index (χ4v) is 2.30. The zero-order chi connectivity index (χ0) is 9.35. The fraction of sp³-hybridized carbons (Fsp3) is 0. The lowest BCUT2D eigenvalue weighted by molar-refractivity contribution is 0.414. The Hall–Kier alpha value is -0.290. The number of benzene rings is 1. The Kier molecular flexibility index (Phi) is 2.63. The van der Waals surface area contributed by atoms with E-state index in [1.165, 1.54) is 18.2 Å². The van der Waals surface area contributed by atoms with Gasteiger partial charge in [0, 0.05) is 0 Å². The van der Waals surface area contributed by atoms with E-state index in [9.17, 15) is 13.0 Å². The van der Waals surface area contributed by atoms with Gasteiger partial charge in [-0.15, -0.1) is 0 Å². The molecule has 0 atom stereocenters. The molecule has 3 nitrogen and oxygen atoms in total. The second kappa shape index (κ2) is 3.22. The second-order valence-corrected chi connectivity index (χ2v) is 4.14. The highest BCUT2D eigenvalue weighted by molar-refractivity contribution is 7.85. The lowest BCUT2D eigenvalue weighted by Crippen LogP contribution is -1.97. The van der Waals surface area contributed by atoms with Crippen LogP contribution in [0.5, 0.6) is 0 Å². The van der Waals surface area contributed by atoms with Gasteiger partial charge < -0.3 is 0 Å². The zero-order valence-electron chi connectivity index (χ0n) is 5.62. The minimum absolute atomic E-state index is 0.155. The third kappa shape index (κ3) is 1.90. The minimum Gasteiger partial charge on any atom is -0.191 e. The molecule has 0 heterocycles. The molecule has 1 radical (unpaired) electrons. The monoisotopic (exact) mass is 225 g/mol. The topological polar surface area (TPSA) is 54.0 Å². The Morgan fingerprint density at radius 2 is 1.50 bits per heavy atom. The third-order valence-electron chi connectivity index (χ3n) is 1.17. The number of halogens is 2. The van der Waals surface area contributed by atoms with Gasteiger partial charge in [0.2, 0.25) is 0 Å². The van der Waals surface area contributed by atoms with Crippen molar-refractivity contribution < 1.29 is 13.0 Å². The summed E-state index contributed by atoms with van der Waals surface area (Å²) >= 11 is 10.9. The van der Waals surface area contributed by atoms with Crippen molar-refractivity contribution in [3.8, 4) is 0 Å². The van der Waals surface area contributed by atoms with Crippen molar-refractivity contribution >= 4 is 33.3 Å². The van der Waals surface area contributed by atoms with Crippen LogP contribution < -0.4 is 0 Å². The highest BCUT2D eigenvalue weighted by Gasteiger charge is 2.19. The van der Waals surface area contributed by atoms with E-state index in [0.29, 0.717) is 0 Å². The van der Waals surface area contributed by atoms with E-state index >= 15 is 0 Å². The first-order valence-electron chi connectivity index (χ1n) is 2.83. The molecule has 0 spiro atoms. The molecule has 0 saturated heterocycles. The molecule has 0 aliphatic rings. The molecular formula is C6H3Cl2O3S. The number of hydrogen-bond acceptors (Lipinski definition) is 2. The SMILES string of the molecule is [O]S(=O)(=O)c1c(Cl)cccc1Cl. The van der Waals surface area contributed by atoms with Crippen LogP contribution >= 0.6 is 23.2 Å². The average Bonchev–Trinajstić information content (AvgIpc) is 1.82. The van der Waals surface area contributed by atoms with Crippen LogP contribution in [0.1, 0.15) is 0 Å². The Labute approximate surface area is 79.7 Å². The summed E-state index contributed by atoms with van der Waals surface area (Å²) in [6.07, 6.45) is 0. The van der Waals surface area contributed by atoms with Crippen molar-refractivity contribution in [3.63, 3.8) is 0 Å². The molecule has 0 aliphatic heterocycles. The van der Waals surface area contributed by atoms with E-state index < -0.39 is 15.0 Å². The summed E-state index contributed by atoms with van der Waals surface area (Å²) in [5.74, 6) is 0. The van der Waals surface area contributed by atoms with Crippen LogP contribution in [-0.2, 0) is 14.7 Å². The molecule has 6 heteroatoms. The normalized spacial score (nSPS) is 11.6. The van der Waals surface area contributed by atoms with E-state index in [0.717, 1.165) is 0 Å². The van der Waals surface area contributed by atoms with E-state index in [1.807, 2.05) is 0 Å². The molecule has 0 fully saturated rings. The molecule has 1 aromatic rings. The minimum atomic E-state index is -4.58. The van der Waals surface area contributed by atoms with Gasteiger partial charge in [-0.2, -0.15) is 8.42 Å². The first-order valence-corrected chi connectivity index (χ1v) is 4.99. The summed E-state index contributed by atoms with van der Waals surface area (Å²) in [6, 6.07) is 4.04. The number of hydrogen-bond donors (Lipinski definition) is 0. The van der Waals surface area contributed by atoms with Crippen molar-refractivity contribution in [2.24, 2.45) is 0 Å². The molecule has 0 saturated carbocycles. The van der Waals surface area contributed by atoms with Gasteiger partial charge in [0.25, 0.3) is 0 Å². The molecule has 1 rings (SSSR count). The van der Waals surface area contributed by atoms with Gasteiger partial charge >= 0.3 is 10.1 Å². The van der Waals surface area contributed by atoms with Crippen molar-refractivity contribution in [2.45, 2.75) is 4.90 Å². The standard InChI is InChI=1S/C6H3Cl2O3S/c7-4-2-1-3-5(8)6(4)12(9,10)11/h1-3H. The highest BCUT2D eigenvalue weighted by Crippen LogP contribution is 2.28. The smallest absolute Gasteiger partial charge is 0.191 e. The summed E-state index contributed by atoms with van der Waals surface area (Å²) < 4.78 is 31.7. The summed E-state index contributed by atoms with van der Waals surface area (Å²) in [6.45, 7) is 0. The molecule has 0 aromatic heterocycles. The molecule has 1 aromatic carbocycles. The Balaban J connectivity index is 3.53. The van der Waals surface area contributed by atoms with Gasteiger partial charge in [-0.1, -0.05) is 33.8 Å². The van der Waals surface area contributed by atoms with E-state index in [1.54, 1.807) is 0 Å². The predicted molar refractivity (Wildman–Crippen MR) is 44.3 cm³/mol. The van der Waals surface area contributed by atoms with Gasteiger partial charge in [0.1, 0.15) is 4.90 Å². The van der Waals surface area contributed by atoms with Crippen LogP contribution in [0.3, 0.4) is 0 Å². The predicted octanol–water partition coefficient (Wildman–Crippen LogP) is 2.11. The molecule has 0 bridgehead atoms. The van der Waals surface area contributed by atoms with Gasteiger partial charge in [-0.25, -0.2) is 0 Å². The molecule has 12 heavy (non-hydrogen) atoms. The van der Waals surface area contributed by atoms with Crippen LogP contribution in [0.4, 0.5) is 0 Å². The average molecular weight is 226 g/mol. The van der Waals surface area contributed by atoms with Crippen LogP contribution in [-0.4, -0.2) is 8.42 Å². The van der Waals surface area contributed by atoms with Gasteiger partial charge in [0.15, 0.2) is 0 Å². The Bertz CT molecular complexity index is 379. The molecule has 0 aliphatic carbocycles. The van der Waals surface area contributed by atoms with Crippen molar-refractivity contribution in [1.82, 2.24) is 0 Å². The summed E-state index contributed by atoms with van der Waals surface area (Å²) in [4.78, 5) is -0.562. The molecular weight excluding hydrogens is 223 g/mol. The quantitative estimate of drug-likeness (QED) is 0.736. The lowest BCUT2D eigenvalue weighted by Gasteiger charge is -1.99. The van der Waals surface area contributed by atoms with Crippen LogP contribution in [0.2, 0.25) is 10.0 Å². The summed E-state index contributed by atoms with van der Waals surface area (Å²) in [5.41, 5.74) is 0. The maximum Gasteiger partial charge on any atom is 0.327 e. The second-order valence-electron chi connectivity index (χ2n) is 2.00. The van der Waals surface area contributed by atoms with Crippen LogP contribution in [0, 0.1) is 0 Å². The van der Waals surface area contributed by atoms with Gasteiger partial charge in [0.05, 0.1) is 10.0 Å². The third-order valence-corrected chi connectivity index (χ3v) is 2.96. The first kappa shape index (κ1) is 9.80. The maximum absolute atomic E-state index is 10.6. The first-order chi connectivity index (χ1) is 5.43. The Morgan fingerprint density at radius 3 is 1.75 bits per heavy atom. The van der Waals surface area contributed by atoms with E-state index in [2.05, 4.69) is 0 Å². The highest BCUT2D eigenvalue weighted by atomic mass is 35.5. The Morgan fingerprint density at radius 1 is 1.08 bits per heavy atom. The zero-order valence-corrected chi connectivity index (χ0v) is 7.95. The van der Waals surface area contributed by atoms with E-state index in [-0.39, 0.29) is 10.0 Å². The van der Waals surface area contributed by atoms with Gasteiger partial charge in [-0.05, 0) is 12.1 Å². The van der Waals surface area contributed by atoms with Crippen molar-refractivity contribution in [3.05, 3.63) is 28.2 Å². The summed E-state index contributed by atoms with van der Waals surface area (Å²) in [5, 5.41) is -0.310. The number of rotatable bonds is 1. The van der Waals surface area contributed by atoms with Crippen molar-refractivity contribution in [2.75, 3.05) is 0 Å². The molecule has 0 unspecified atom stereocenters. The van der Waals surface area contributed by atoms with Crippen LogP contribution in [0.15, 0.2) is 23.1 Å². The largest absolute Gasteiger partial charge is 0.327 e.